The fourth-order valence-electron chi connectivity index (χ4n) is 2.95. The molecule has 6 nitrogen and oxygen atoms in total. The van der Waals surface area contributed by atoms with Gasteiger partial charge in [0.2, 0.25) is 0 Å². The third kappa shape index (κ3) is 3.38. The van der Waals surface area contributed by atoms with Crippen molar-refractivity contribution in [1.29, 1.82) is 0 Å². The average molecular weight is 347 g/mol. The fourth-order valence-corrected chi connectivity index (χ4v) is 2.95. The van der Waals surface area contributed by atoms with Gasteiger partial charge in [-0.05, 0) is 37.0 Å². The summed E-state index contributed by atoms with van der Waals surface area (Å²) in [6.45, 7) is -2.83. The van der Waals surface area contributed by atoms with E-state index in [2.05, 4.69) is 20.0 Å². The van der Waals surface area contributed by atoms with Crippen LogP contribution in [0.4, 0.5) is 8.78 Å². The number of rotatable bonds is 5. The van der Waals surface area contributed by atoms with Gasteiger partial charge in [-0.2, -0.15) is 13.8 Å². The number of ether oxygens (including phenoxy) is 1. The molecule has 1 aromatic carbocycles. The Hall–Kier alpha value is -2.77. The first-order valence-corrected chi connectivity index (χ1v) is 8.03. The number of hydrogen-bond acceptors (Lipinski definition) is 6. The van der Waals surface area contributed by atoms with E-state index < -0.39 is 6.61 Å². The highest BCUT2D eigenvalue weighted by Crippen LogP contribution is 2.30. The first kappa shape index (κ1) is 15.7. The quantitative estimate of drug-likeness (QED) is 0.699. The Bertz CT molecular complexity index is 858. The molecule has 0 amide bonds. The van der Waals surface area contributed by atoms with E-state index >= 15 is 0 Å². The molecule has 0 atom stereocenters. The molecule has 0 fully saturated rings. The molecule has 0 saturated carbocycles. The molecule has 130 valence electrons. The van der Waals surface area contributed by atoms with E-state index in [9.17, 15) is 8.78 Å². The standard InChI is InChI=1S/C17H15F2N3O3/c18-17(19)23-11-7-5-10(6-8-11)9-14-20-16(25-21-14)15-12-3-1-2-4-13(12)24-22-15/h5-8,17H,1-4,9H2. The van der Waals surface area contributed by atoms with Crippen LogP contribution in [0.25, 0.3) is 11.6 Å². The fraction of sp³-hybridized carbons (Fsp3) is 0.353. The van der Waals surface area contributed by atoms with E-state index in [1.54, 1.807) is 12.1 Å². The van der Waals surface area contributed by atoms with Gasteiger partial charge in [0, 0.05) is 18.4 Å². The van der Waals surface area contributed by atoms with Crippen molar-refractivity contribution in [2.75, 3.05) is 0 Å². The van der Waals surface area contributed by atoms with E-state index in [0.717, 1.165) is 42.6 Å². The molecule has 0 spiro atoms. The van der Waals surface area contributed by atoms with Crippen molar-refractivity contribution in [2.24, 2.45) is 0 Å². The van der Waals surface area contributed by atoms with Crippen molar-refractivity contribution in [3.8, 4) is 17.3 Å². The van der Waals surface area contributed by atoms with Gasteiger partial charge in [-0.25, -0.2) is 0 Å². The van der Waals surface area contributed by atoms with Crippen LogP contribution in [0.15, 0.2) is 33.3 Å². The summed E-state index contributed by atoms with van der Waals surface area (Å²) >= 11 is 0. The summed E-state index contributed by atoms with van der Waals surface area (Å²) in [6.07, 6.45) is 4.39. The summed E-state index contributed by atoms with van der Waals surface area (Å²) in [5.41, 5.74) is 2.53. The van der Waals surface area contributed by atoms with Crippen LogP contribution < -0.4 is 4.74 Å². The predicted molar refractivity (Wildman–Crippen MR) is 82.3 cm³/mol. The van der Waals surface area contributed by atoms with Crippen LogP contribution in [0.5, 0.6) is 5.75 Å². The number of alkyl halides is 2. The minimum atomic E-state index is -2.83. The molecule has 1 aliphatic rings. The molecule has 1 aliphatic carbocycles. The maximum absolute atomic E-state index is 12.2. The Kier molecular flexibility index (Phi) is 4.17. The average Bonchev–Trinajstić information content (AvgIpc) is 3.22. The predicted octanol–water partition coefficient (Wildman–Crippen LogP) is 3.80. The zero-order valence-corrected chi connectivity index (χ0v) is 13.2. The number of fused-ring (bicyclic) bond motifs is 1. The molecule has 3 aromatic rings. The van der Waals surface area contributed by atoms with E-state index in [-0.39, 0.29) is 5.75 Å². The molecular formula is C17H15F2N3O3. The summed E-state index contributed by atoms with van der Waals surface area (Å²) in [5.74, 6) is 1.85. The lowest BCUT2D eigenvalue weighted by Gasteiger charge is -2.07. The highest BCUT2D eigenvalue weighted by Gasteiger charge is 2.24. The van der Waals surface area contributed by atoms with E-state index in [0.29, 0.717) is 23.8 Å². The van der Waals surface area contributed by atoms with Gasteiger partial charge in [-0.1, -0.05) is 22.4 Å². The third-order valence-electron chi connectivity index (χ3n) is 4.13. The normalized spacial score (nSPS) is 13.9. The molecule has 0 aliphatic heterocycles. The zero-order chi connectivity index (χ0) is 17.2. The highest BCUT2D eigenvalue weighted by molar-refractivity contribution is 5.54. The lowest BCUT2D eigenvalue weighted by Crippen LogP contribution is -2.01. The third-order valence-corrected chi connectivity index (χ3v) is 4.13. The van der Waals surface area contributed by atoms with E-state index in [1.165, 1.54) is 12.1 Å². The highest BCUT2D eigenvalue weighted by atomic mass is 19.3. The van der Waals surface area contributed by atoms with Crippen LogP contribution in [-0.4, -0.2) is 21.9 Å². The Morgan fingerprint density at radius 1 is 1.04 bits per heavy atom. The molecular weight excluding hydrogens is 332 g/mol. The zero-order valence-electron chi connectivity index (χ0n) is 13.2. The molecule has 0 saturated heterocycles. The molecule has 2 aromatic heterocycles. The molecule has 8 heteroatoms. The summed E-state index contributed by atoms with van der Waals surface area (Å²) in [6, 6.07) is 6.34. The van der Waals surface area contributed by atoms with Crippen LogP contribution in [0.1, 0.15) is 35.6 Å². The van der Waals surface area contributed by atoms with Crippen molar-refractivity contribution >= 4 is 0 Å². The molecule has 0 bridgehead atoms. The van der Waals surface area contributed by atoms with Crippen molar-refractivity contribution in [3.63, 3.8) is 0 Å². The molecule has 2 heterocycles. The Balaban J connectivity index is 1.49. The van der Waals surface area contributed by atoms with Gasteiger partial charge in [0.25, 0.3) is 5.89 Å². The molecule has 0 N–H and O–H groups in total. The van der Waals surface area contributed by atoms with Crippen molar-refractivity contribution < 1.29 is 22.6 Å². The van der Waals surface area contributed by atoms with Crippen molar-refractivity contribution in [3.05, 3.63) is 47.0 Å². The second-order valence-electron chi connectivity index (χ2n) is 5.86. The Labute approximate surface area is 141 Å². The Morgan fingerprint density at radius 2 is 1.84 bits per heavy atom. The lowest BCUT2D eigenvalue weighted by atomic mass is 9.96. The summed E-state index contributed by atoms with van der Waals surface area (Å²) in [4.78, 5) is 4.38. The van der Waals surface area contributed by atoms with Crippen LogP contribution in [-0.2, 0) is 19.3 Å². The number of halogens is 2. The number of aryl methyl sites for hydroxylation is 1. The molecule has 25 heavy (non-hydrogen) atoms. The van der Waals surface area contributed by atoms with Crippen molar-refractivity contribution in [1.82, 2.24) is 15.3 Å². The largest absolute Gasteiger partial charge is 0.435 e. The molecule has 0 unspecified atom stereocenters. The number of benzene rings is 1. The van der Waals surface area contributed by atoms with Crippen LogP contribution in [0.3, 0.4) is 0 Å². The summed E-state index contributed by atoms with van der Waals surface area (Å²) in [5, 5.41) is 8.04. The second-order valence-corrected chi connectivity index (χ2v) is 5.86. The van der Waals surface area contributed by atoms with Gasteiger partial charge < -0.3 is 13.8 Å². The maximum atomic E-state index is 12.2. The van der Waals surface area contributed by atoms with Crippen LogP contribution in [0, 0.1) is 0 Å². The van der Waals surface area contributed by atoms with Crippen LogP contribution in [0.2, 0.25) is 0 Å². The number of nitrogens with zero attached hydrogens (tertiary/aromatic N) is 3. The number of aromatic nitrogens is 3. The van der Waals surface area contributed by atoms with Gasteiger partial charge in [0.15, 0.2) is 11.5 Å². The van der Waals surface area contributed by atoms with Gasteiger partial charge in [-0.15, -0.1) is 0 Å². The second kappa shape index (κ2) is 6.62. The van der Waals surface area contributed by atoms with Crippen LogP contribution >= 0.6 is 0 Å². The monoisotopic (exact) mass is 347 g/mol. The molecule has 0 radical (unpaired) electrons. The summed E-state index contributed by atoms with van der Waals surface area (Å²) < 4.78 is 39.3. The van der Waals surface area contributed by atoms with Gasteiger partial charge in [0.05, 0.1) is 0 Å². The van der Waals surface area contributed by atoms with Gasteiger partial charge in [0.1, 0.15) is 11.5 Å². The van der Waals surface area contributed by atoms with E-state index in [4.69, 9.17) is 9.05 Å². The molecule has 4 rings (SSSR count). The Morgan fingerprint density at radius 3 is 2.64 bits per heavy atom. The first-order chi connectivity index (χ1) is 12.2. The van der Waals surface area contributed by atoms with Gasteiger partial charge >= 0.3 is 6.61 Å². The SMILES string of the molecule is FC(F)Oc1ccc(Cc2noc(-c3noc4c3CCCC4)n2)cc1. The smallest absolute Gasteiger partial charge is 0.387 e. The number of hydrogen-bond donors (Lipinski definition) is 0. The minimum Gasteiger partial charge on any atom is -0.435 e. The first-order valence-electron chi connectivity index (χ1n) is 8.03. The van der Waals surface area contributed by atoms with Gasteiger partial charge in [-0.3, -0.25) is 0 Å². The summed E-state index contributed by atoms with van der Waals surface area (Å²) in [7, 11) is 0. The topological polar surface area (TPSA) is 74.2 Å². The lowest BCUT2D eigenvalue weighted by molar-refractivity contribution is -0.0498. The van der Waals surface area contributed by atoms with E-state index in [1.807, 2.05) is 0 Å². The minimum absolute atomic E-state index is 0.113. The van der Waals surface area contributed by atoms with Crippen molar-refractivity contribution in [2.45, 2.75) is 38.7 Å². The maximum Gasteiger partial charge on any atom is 0.387 e.